The number of hydrogen-bond acceptors (Lipinski definition) is 8. The first-order valence-electron chi connectivity index (χ1n) is 12.5. The van der Waals surface area contributed by atoms with Crippen LogP contribution in [0, 0.1) is 15.9 Å². The van der Waals surface area contributed by atoms with E-state index in [1.54, 1.807) is 23.1 Å². The minimum absolute atomic E-state index is 0.123. The molecule has 12 heteroatoms. The number of nitro benzene ring substituents is 1. The van der Waals surface area contributed by atoms with Gasteiger partial charge in [-0.1, -0.05) is 18.2 Å². The highest BCUT2D eigenvalue weighted by Gasteiger charge is 2.25. The number of aromatic amines is 1. The number of nitro groups is 1. The van der Waals surface area contributed by atoms with E-state index >= 15 is 0 Å². The lowest BCUT2D eigenvalue weighted by atomic mass is 10.1. The van der Waals surface area contributed by atoms with Crippen LogP contribution in [0.15, 0.2) is 59.4 Å². The standard InChI is InChI=1S/C26H28FN7O4/c27-22-6-1-2-7-23(22)31-10-8-30(9-11-31)18-20-17-24(35)29-26(28-20)33-14-12-32(13-15-33)25(36)19-4-3-5-21(16-19)34(37)38/h1-7,16-17H,8-15,18H2,(H,28,29,35). The van der Waals surface area contributed by atoms with E-state index in [0.717, 1.165) is 13.1 Å². The Hall–Kier alpha value is -4.32. The molecular formula is C26H28FN7O4. The Balaban J connectivity index is 1.18. The minimum atomic E-state index is -0.521. The fourth-order valence-electron chi connectivity index (χ4n) is 4.87. The topological polar surface area (TPSA) is 119 Å². The van der Waals surface area contributed by atoms with E-state index < -0.39 is 4.92 Å². The Morgan fingerprint density at radius 1 is 0.947 bits per heavy atom. The Kier molecular flexibility index (Phi) is 7.31. The fourth-order valence-corrected chi connectivity index (χ4v) is 4.87. The van der Waals surface area contributed by atoms with E-state index in [1.807, 2.05) is 15.9 Å². The summed E-state index contributed by atoms with van der Waals surface area (Å²) in [5.41, 5.74) is 1.16. The largest absolute Gasteiger partial charge is 0.367 e. The summed E-state index contributed by atoms with van der Waals surface area (Å²) < 4.78 is 14.1. The van der Waals surface area contributed by atoms with Crippen LogP contribution in [-0.2, 0) is 6.54 Å². The zero-order valence-corrected chi connectivity index (χ0v) is 20.8. The van der Waals surface area contributed by atoms with Crippen LogP contribution in [0.5, 0.6) is 0 Å². The average molecular weight is 522 g/mol. The van der Waals surface area contributed by atoms with Crippen molar-refractivity contribution in [2.45, 2.75) is 6.54 Å². The quantitative estimate of drug-likeness (QED) is 0.387. The number of anilines is 2. The number of hydrogen-bond donors (Lipinski definition) is 1. The number of benzene rings is 2. The molecule has 0 aliphatic carbocycles. The van der Waals surface area contributed by atoms with Crippen LogP contribution in [0.2, 0.25) is 0 Å². The number of aromatic nitrogens is 2. The number of halogens is 1. The second kappa shape index (κ2) is 11.0. The molecule has 0 bridgehead atoms. The molecule has 2 aliphatic rings. The molecular weight excluding hydrogens is 493 g/mol. The van der Waals surface area contributed by atoms with Crippen LogP contribution in [0.25, 0.3) is 0 Å². The molecule has 0 unspecified atom stereocenters. The first kappa shape index (κ1) is 25.3. The Labute approximate surface area is 218 Å². The number of piperazine rings is 2. The first-order chi connectivity index (χ1) is 18.4. The van der Waals surface area contributed by atoms with Crippen molar-refractivity contribution in [2.24, 2.45) is 0 Å². The van der Waals surface area contributed by atoms with Crippen LogP contribution < -0.4 is 15.4 Å². The Morgan fingerprint density at radius 3 is 2.37 bits per heavy atom. The molecule has 2 fully saturated rings. The van der Waals surface area contributed by atoms with Gasteiger partial charge in [-0.25, -0.2) is 9.37 Å². The van der Waals surface area contributed by atoms with E-state index in [-0.39, 0.29) is 28.5 Å². The number of carbonyl (C=O) groups is 1. The maximum atomic E-state index is 14.1. The van der Waals surface area contributed by atoms with E-state index in [2.05, 4.69) is 14.9 Å². The van der Waals surface area contributed by atoms with E-state index in [1.165, 1.54) is 30.3 Å². The van der Waals surface area contributed by atoms with E-state index in [9.17, 15) is 24.1 Å². The van der Waals surface area contributed by atoms with E-state index in [4.69, 9.17) is 0 Å². The number of rotatable bonds is 6. The van der Waals surface area contributed by atoms with Crippen molar-refractivity contribution in [3.05, 3.63) is 92.1 Å². The second-order valence-electron chi connectivity index (χ2n) is 9.36. The Morgan fingerprint density at radius 2 is 1.66 bits per heavy atom. The van der Waals surface area contributed by atoms with Crippen molar-refractivity contribution in [1.29, 1.82) is 0 Å². The summed E-state index contributed by atoms with van der Waals surface area (Å²) in [5, 5.41) is 11.0. The number of amides is 1. The number of H-pyrrole nitrogens is 1. The highest BCUT2D eigenvalue weighted by molar-refractivity contribution is 5.95. The summed E-state index contributed by atoms with van der Waals surface area (Å²) in [6, 6.07) is 14.0. The predicted octanol–water partition coefficient (Wildman–Crippen LogP) is 2.10. The van der Waals surface area contributed by atoms with Gasteiger partial charge >= 0.3 is 0 Å². The molecule has 2 aliphatic heterocycles. The van der Waals surface area contributed by atoms with Gasteiger partial charge in [-0.15, -0.1) is 0 Å². The lowest BCUT2D eigenvalue weighted by molar-refractivity contribution is -0.384. The molecule has 198 valence electrons. The highest BCUT2D eigenvalue weighted by atomic mass is 19.1. The van der Waals surface area contributed by atoms with Crippen LogP contribution in [0.3, 0.4) is 0 Å². The van der Waals surface area contributed by atoms with Crippen molar-refractivity contribution in [2.75, 3.05) is 62.2 Å². The van der Waals surface area contributed by atoms with Crippen molar-refractivity contribution in [3.8, 4) is 0 Å². The summed E-state index contributed by atoms with van der Waals surface area (Å²) in [6.45, 7) is 5.03. The predicted molar refractivity (Wildman–Crippen MR) is 140 cm³/mol. The van der Waals surface area contributed by atoms with Gasteiger partial charge in [0, 0.05) is 82.7 Å². The maximum Gasteiger partial charge on any atom is 0.270 e. The first-order valence-corrected chi connectivity index (χ1v) is 12.5. The van der Waals surface area contributed by atoms with Crippen molar-refractivity contribution in [1.82, 2.24) is 19.8 Å². The van der Waals surface area contributed by atoms with E-state index in [0.29, 0.717) is 63.1 Å². The summed E-state index contributed by atoms with van der Waals surface area (Å²) in [7, 11) is 0. The third kappa shape index (κ3) is 5.65. The van der Waals surface area contributed by atoms with Gasteiger partial charge in [-0.05, 0) is 18.2 Å². The number of nitrogens with one attached hydrogen (secondary N) is 1. The van der Waals surface area contributed by atoms with Gasteiger partial charge < -0.3 is 14.7 Å². The van der Waals surface area contributed by atoms with Gasteiger partial charge in [0.05, 0.1) is 16.3 Å². The minimum Gasteiger partial charge on any atom is -0.367 e. The molecule has 5 rings (SSSR count). The molecule has 0 spiro atoms. The van der Waals surface area contributed by atoms with Crippen LogP contribution in [0.1, 0.15) is 16.1 Å². The van der Waals surface area contributed by atoms with Gasteiger partial charge in [0.15, 0.2) is 0 Å². The molecule has 2 aromatic carbocycles. The number of non-ortho nitro benzene ring substituents is 1. The summed E-state index contributed by atoms with van der Waals surface area (Å²) in [5.74, 6) is -0.0354. The summed E-state index contributed by atoms with van der Waals surface area (Å²) in [4.78, 5) is 51.0. The molecule has 38 heavy (non-hydrogen) atoms. The summed E-state index contributed by atoms with van der Waals surface area (Å²) in [6.07, 6.45) is 0. The molecule has 0 radical (unpaired) electrons. The van der Waals surface area contributed by atoms with Crippen molar-refractivity contribution < 1.29 is 14.1 Å². The van der Waals surface area contributed by atoms with Gasteiger partial charge in [0.25, 0.3) is 17.2 Å². The van der Waals surface area contributed by atoms with Crippen LogP contribution in [0.4, 0.5) is 21.7 Å². The molecule has 2 saturated heterocycles. The third-order valence-corrected chi connectivity index (χ3v) is 6.90. The van der Waals surface area contributed by atoms with Gasteiger partial charge in [-0.3, -0.25) is 29.6 Å². The number of nitrogens with zero attached hydrogens (tertiary/aromatic N) is 6. The SMILES string of the molecule is O=C(c1cccc([N+](=O)[O-])c1)N1CCN(c2nc(CN3CCN(c4ccccc4F)CC3)cc(=O)[nH]2)CC1. The molecule has 3 heterocycles. The van der Waals surface area contributed by atoms with Crippen molar-refractivity contribution in [3.63, 3.8) is 0 Å². The van der Waals surface area contributed by atoms with Crippen LogP contribution in [-0.4, -0.2) is 83.0 Å². The van der Waals surface area contributed by atoms with Crippen LogP contribution >= 0.6 is 0 Å². The maximum absolute atomic E-state index is 14.1. The third-order valence-electron chi connectivity index (χ3n) is 6.90. The summed E-state index contributed by atoms with van der Waals surface area (Å²) >= 11 is 0. The van der Waals surface area contributed by atoms with Gasteiger partial charge in [-0.2, -0.15) is 0 Å². The number of carbonyl (C=O) groups excluding carboxylic acids is 1. The van der Waals surface area contributed by atoms with Gasteiger partial charge in [0.1, 0.15) is 5.82 Å². The zero-order valence-electron chi connectivity index (χ0n) is 20.8. The second-order valence-corrected chi connectivity index (χ2v) is 9.36. The van der Waals surface area contributed by atoms with Crippen molar-refractivity contribution >= 4 is 23.2 Å². The normalized spacial score (nSPS) is 16.5. The molecule has 1 N–H and O–H groups in total. The monoisotopic (exact) mass is 521 g/mol. The highest BCUT2D eigenvalue weighted by Crippen LogP contribution is 2.21. The fraction of sp³-hybridized carbons (Fsp3) is 0.346. The van der Waals surface area contributed by atoms with Gasteiger partial charge in [0.2, 0.25) is 5.95 Å². The molecule has 1 aromatic heterocycles. The lowest BCUT2D eigenvalue weighted by Gasteiger charge is -2.36. The lowest BCUT2D eigenvalue weighted by Crippen LogP contribution is -2.49. The molecule has 0 saturated carbocycles. The smallest absolute Gasteiger partial charge is 0.270 e. The number of para-hydroxylation sites is 1. The average Bonchev–Trinajstić information content (AvgIpc) is 2.93. The Bertz CT molecular complexity index is 1380. The molecule has 1 amide bonds. The zero-order chi connectivity index (χ0) is 26.6. The molecule has 3 aromatic rings. The molecule has 0 atom stereocenters. The molecule has 11 nitrogen and oxygen atoms in total.